The Hall–Kier alpha value is -10.1. The Bertz CT molecular complexity index is 3910. The molecule has 0 aliphatic rings. The molecule has 0 amide bonds. The number of rotatable bonds is 11. The van der Waals surface area contributed by atoms with Gasteiger partial charge in [-0.25, -0.2) is 4.98 Å². The summed E-state index contributed by atoms with van der Waals surface area (Å²) in [5.41, 5.74) is 17.6. The van der Waals surface area contributed by atoms with E-state index in [0.29, 0.717) is 17.6 Å². The van der Waals surface area contributed by atoms with Crippen LogP contribution in [0.1, 0.15) is 0 Å². The molecule has 13 rings (SSSR count). The molecule has 0 radical (unpaired) electrons. The highest BCUT2D eigenvalue weighted by molar-refractivity contribution is 6.13. The van der Waals surface area contributed by atoms with Crippen LogP contribution >= 0.6 is 0 Å². The topological polar surface area (TPSA) is 72.6 Å². The third-order valence-electron chi connectivity index (χ3n) is 13.6. The van der Waals surface area contributed by atoms with Gasteiger partial charge >= 0.3 is 0 Å². The summed E-state index contributed by atoms with van der Waals surface area (Å²) in [6, 6.07) is 88.8. The van der Waals surface area contributed by atoms with Crippen molar-refractivity contribution in [1.29, 1.82) is 0 Å². The molecule has 348 valence electrons. The van der Waals surface area contributed by atoms with Gasteiger partial charge in [0.05, 0.1) is 22.9 Å². The Morgan fingerprint density at radius 2 is 0.689 bits per heavy atom. The van der Waals surface area contributed by atoms with Crippen LogP contribution in [0, 0.1) is 0 Å². The molecule has 9 aromatic carbocycles. The minimum Gasteiger partial charge on any atom is -0.311 e. The van der Waals surface area contributed by atoms with Crippen LogP contribution in [0.4, 0.5) is 17.1 Å². The Morgan fingerprint density at radius 3 is 1.14 bits per heavy atom. The van der Waals surface area contributed by atoms with Gasteiger partial charge in [-0.3, -0.25) is 14.5 Å². The molecule has 0 bridgehead atoms. The number of nitrogens with zero attached hydrogens (tertiary/aromatic N) is 7. The van der Waals surface area contributed by atoms with Gasteiger partial charge in [-0.05, 0) is 81.4 Å². The first kappa shape index (κ1) is 43.9. The van der Waals surface area contributed by atoms with Crippen LogP contribution in [0.25, 0.3) is 106 Å². The highest BCUT2D eigenvalue weighted by atomic mass is 15.2. The maximum absolute atomic E-state index is 5.19. The lowest BCUT2D eigenvalue weighted by Crippen LogP contribution is -2.09. The van der Waals surface area contributed by atoms with Crippen LogP contribution in [0.15, 0.2) is 273 Å². The summed E-state index contributed by atoms with van der Waals surface area (Å²) in [5, 5.41) is 1.96. The Labute approximate surface area is 429 Å². The molecule has 7 heteroatoms. The maximum Gasteiger partial charge on any atom is 0.238 e. The molecule has 0 saturated heterocycles. The molecular weight excluding hydrogens is 903 g/mol. The SMILES string of the molecule is c1ccc(-c2ccc(N(c3ccc(-c4ccccc4)cc3)c3ccc(-c4ccc(-c5cc6c7cncc(-c8ccccc8)c7n(-c7nc(-c8ccccc8)nc(-c8ccccc8)n7)c6cn5)cc4)cc3)cc2)cc1. The number of fused-ring (bicyclic) bond motifs is 3. The molecular formula is C67H45N7. The van der Waals surface area contributed by atoms with E-state index >= 15 is 0 Å². The molecule has 0 unspecified atom stereocenters. The van der Waals surface area contributed by atoms with Crippen molar-refractivity contribution in [2.45, 2.75) is 0 Å². The summed E-state index contributed by atoms with van der Waals surface area (Å²) in [6.45, 7) is 0. The van der Waals surface area contributed by atoms with Crippen LogP contribution in [-0.2, 0) is 0 Å². The second-order valence-corrected chi connectivity index (χ2v) is 18.2. The number of anilines is 3. The monoisotopic (exact) mass is 947 g/mol. The van der Waals surface area contributed by atoms with Gasteiger partial charge in [0.15, 0.2) is 11.6 Å². The molecule has 0 saturated carbocycles. The molecule has 0 aliphatic heterocycles. The van der Waals surface area contributed by atoms with E-state index in [-0.39, 0.29) is 0 Å². The summed E-state index contributed by atoms with van der Waals surface area (Å²) >= 11 is 0. The van der Waals surface area contributed by atoms with E-state index in [9.17, 15) is 0 Å². The number of aromatic nitrogens is 6. The second kappa shape index (κ2) is 19.2. The van der Waals surface area contributed by atoms with Crippen molar-refractivity contribution in [3.8, 4) is 84.5 Å². The van der Waals surface area contributed by atoms with Gasteiger partial charge in [0.1, 0.15) is 0 Å². The number of hydrogen-bond acceptors (Lipinski definition) is 6. The van der Waals surface area contributed by atoms with Gasteiger partial charge in [0.2, 0.25) is 5.95 Å². The van der Waals surface area contributed by atoms with Crippen molar-refractivity contribution in [3.63, 3.8) is 0 Å². The largest absolute Gasteiger partial charge is 0.311 e. The predicted octanol–water partition coefficient (Wildman–Crippen LogP) is 16.9. The highest BCUT2D eigenvalue weighted by Gasteiger charge is 2.22. The van der Waals surface area contributed by atoms with Crippen LogP contribution in [0.3, 0.4) is 0 Å². The smallest absolute Gasteiger partial charge is 0.238 e. The summed E-state index contributed by atoms with van der Waals surface area (Å²) in [6.07, 6.45) is 5.81. The fraction of sp³-hybridized carbons (Fsp3) is 0. The van der Waals surface area contributed by atoms with Crippen molar-refractivity contribution in [1.82, 2.24) is 29.5 Å². The van der Waals surface area contributed by atoms with Gasteiger partial charge in [-0.2, -0.15) is 9.97 Å². The van der Waals surface area contributed by atoms with E-state index in [1.807, 2.05) is 85.3 Å². The average molecular weight is 948 g/mol. The van der Waals surface area contributed by atoms with Crippen molar-refractivity contribution in [2.24, 2.45) is 0 Å². The summed E-state index contributed by atoms with van der Waals surface area (Å²) < 4.78 is 2.12. The van der Waals surface area contributed by atoms with Crippen molar-refractivity contribution in [3.05, 3.63) is 273 Å². The molecule has 13 aromatic rings. The molecule has 4 aromatic heterocycles. The van der Waals surface area contributed by atoms with Crippen LogP contribution in [-0.4, -0.2) is 29.5 Å². The van der Waals surface area contributed by atoms with E-state index in [1.54, 1.807) is 0 Å². The zero-order valence-corrected chi connectivity index (χ0v) is 40.1. The van der Waals surface area contributed by atoms with E-state index in [2.05, 4.69) is 198 Å². The van der Waals surface area contributed by atoms with Gasteiger partial charge in [-0.15, -0.1) is 0 Å². The first-order valence-corrected chi connectivity index (χ1v) is 24.7. The van der Waals surface area contributed by atoms with E-state index in [4.69, 9.17) is 24.9 Å². The second-order valence-electron chi connectivity index (χ2n) is 18.2. The Morgan fingerprint density at radius 1 is 0.311 bits per heavy atom. The Kier molecular flexibility index (Phi) is 11.4. The molecule has 0 fully saturated rings. The van der Waals surface area contributed by atoms with E-state index < -0.39 is 0 Å². The molecule has 4 heterocycles. The minimum absolute atomic E-state index is 0.496. The van der Waals surface area contributed by atoms with E-state index in [0.717, 1.165) is 83.5 Å². The van der Waals surface area contributed by atoms with Crippen molar-refractivity contribution < 1.29 is 0 Å². The first-order valence-electron chi connectivity index (χ1n) is 24.7. The maximum atomic E-state index is 5.19. The minimum atomic E-state index is 0.496. The number of pyridine rings is 2. The predicted molar refractivity (Wildman–Crippen MR) is 302 cm³/mol. The third kappa shape index (κ3) is 8.44. The van der Waals surface area contributed by atoms with Gasteiger partial charge in [-0.1, -0.05) is 212 Å². The van der Waals surface area contributed by atoms with Gasteiger partial charge in [0.25, 0.3) is 0 Å². The lowest BCUT2D eigenvalue weighted by molar-refractivity contribution is 0.951. The molecule has 7 nitrogen and oxygen atoms in total. The number of hydrogen-bond donors (Lipinski definition) is 0. The third-order valence-corrected chi connectivity index (χ3v) is 13.6. The van der Waals surface area contributed by atoms with Crippen molar-refractivity contribution in [2.75, 3.05) is 4.90 Å². The van der Waals surface area contributed by atoms with E-state index in [1.165, 1.54) is 22.3 Å². The summed E-state index contributed by atoms with van der Waals surface area (Å²) in [4.78, 5) is 27.7. The fourth-order valence-electron chi connectivity index (χ4n) is 9.90. The molecule has 74 heavy (non-hydrogen) atoms. The first-order chi connectivity index (χ1) is 36.7. The Balaban J connectivity index is 0.862. The molecule has 0 aliphatic carbocycles. The van der Waals surface area contributed by atoms with Crippen LogP contribution in [0.2, 0.25) is 0 Å². The summed E-state index contributed by atoms with van der Waals surface area (Å²) in [5.74, 6) is 1.66. The molecule has 0 N–H and O–H groups in total. The van der Waals surface area contributed by atoms with Crippen LogP contribution < -0.4 is 4.90 Å². The lowest BCUT2D eigenvalue weighted by Gasteiger charge is -2.26. The quantitative estimate of drug-likeness (QED) is 0.129. The molecule has 0 spiro atoms. The average Bonchev–Trinajstić information content (AvgIpc) is 3.83. The van der Waals surface area contributed by atoms with Crippen LogP contribution in [0.5, 0.6) is 0 Å². The fourth-order valence-corrected chi connectivity index (χ4v) is 9.90. The summed E-state index contributed by atoms with van der Waals surface area (Å²) in [7, 11) is 0. The normalized spacial score (nSPS) is 11.2. The highest BCUT2D eigenvalue weighted by Crippen LogP contribution is 2.41. The van der Waals surface area contributed by atoms with Crippen molar-refractivity contribution >= 4 is 38.9 Å². The van der Waals surface area contributed by atoms with Gasteiger partial charge < -0.3 is 4.90 Å². The standard InChI is InChI=1S/C67H45N7/c1-6-16-46(17-7-1)49-30-36-56(37-31-49)73(57-38-32-50(33-39-57)47-18-8-2-9-19-47)58-40-34-51(35-41-58)48-26-28-53(29-27-48)62-42-59-61-44-68-43-60(52-20-10-3-11-21-52)64(61)74(63(59)45-69-62)67-71-65(54-22-12-4-13-23-54)70-66(72-67)55-24-14-5-15-25-55/h1-45H. The van der Waals surface area contributed by atoms with Gasteiger partial charge in [0, 0.05) is 62.5 Å². The lowest BCUT2D eigenvalue weighted by atomic mass is 10.0. The number of benzene rings is 9. The zero-order valence-electron chi connectivity index (χ0n) is 40.1. The molecule has 0 atom stereocenters. The zero-order chi connectivity index (χ0) is 49.2.